The number of hydrogen-bond acceptors (Lipinski definition) is 6. The van der Waals surface area contributed by atoms with Crippen LogP contribution in [0, 0.1) is 0 Å². The molecule has 2 heterocycles. The molecule has 0 bridgehead atoms. The van der Waals surface area contributed by atoms with Crippen molar-refractivity contribution in [1.29, 1.82) is 0 Å². The van der Waals surface area contributed by atoms with Crippen LogP contribution < -0.4 is 10.6 Å². The van der Waals surface area contributed by atoms with E-state index in [-0.39, 0.29) is 17.6 Å². The van der Waals surface area contributed by atoms with Crippen LogP contribution in [0.25, 0.3) is 0 Å². The van der Waals surface area contributed by atoms with Crippen molar-refractivity contribution in [2.24, 2.45) is 0 Å². The summed E-state index contributed by atoms with van der Waals surface area (Å²) in [4.78, 5) is 29.0. The average Bonchev–Trinajstić information content (AvgIpc) is 3.21. The second kappa shape index (κ2) is 9.47. The van der Waals surface area contributed by atoms with E-state index in [2.05, 4.69) is 15.6 Å². The lowest BCUT2D eigenvalue weighted by Gasteiger charge is -2.33. The molecule has 1 aliphatic heterocycles. The molecule has 1 saturated heterocycles. The highest BCUT2D eigenvalue weighted by Crippen LogP contribution is 2.23. The Balaban J connectivity index is 1.65. The fraction of sp³-hybridized carbons (Fsp3) is 0.421. The summed E-state index contributed by atoms with van der Waals surface area (Å²) >= 11 is 1.32. The van der Waals surface area contributed by atoms with Crippen LogP contribution in [0.15, 0.2) is 35.8 Å². The standard InChI is InChI=1S/C19H24N4O4S2/c1-2-13-29(26,27)23-11-4-3-5-16(23)18(25)21-15-8-6-14(7-9-15)17(24)22-19-20-10-12-28-19/h6-10,12,16H,2-5,11,13H2,1H3,(H,21,25)(H,20,22,24). The lowest BCUT2D eigenvalue weighted by molar-refractivity contribution is -0.120. The van der Waals surface area contributed by atoms with Crippen molar-refractivity contribution in [3.63, 3.8) is 0 Å². The number of thiazole rings is 1. The number of nitrogens with one attached hydrogen (secondary N) is 2. The van der Waals surface area contributed by atoms with Gasteiger partial charge < -0.3 is 5.32 Å². The molecule has 2 aromatic rings. The van der Waals surface area contributed by atoms with Gasteiger partial charge in [0.05, 0.1) is 5.75 Å². The van der Waals surface area contributed by atoms with Gasteiger partial charge >= 0.3 is 0 Å². The number of rotatable bonds is 7. The molecule has 1 aromatic heterocycles. The number of anilines is 2. The maximum absolute atomic E-state index is 12.8. The van der Waals surface area contributed by atoms with Gasteiger partial charge in [0.15, 0.2) is 5.13 Å². The summed E-state index contributed by atoms with van der Waals surface area (Å²) in [5, 5.41) is 7.75. The Bertz CT molecular complexity index is 943. The van der Waals surface area contributed by atoms with Crippen LogP contribution in [0.4, 0.5) is 10.8 Å². The number of aromatic nitrogens is 1. The van der Waals surface area contributed by atoms with E-state index in [0.717, 1.165) is 12.8 Å². The molecule has 0 radical (unpaired) electrons. The molecule has 10 heteroatoms. The number of sulfonamides is 1. The minimum atomic E-state index is -3.45. The number of carbonyl (C=O) groups is 2. The monoisotopic (exact) mass is 436 g/mol. The highest BCUT2D eigenvalue weighted by atomic mass is 32.2. The maximum Gasteiger partial charge on any atom is 0.257 e. The molecule has 0 spiro atoms. The minimum Gasteiger partial charge on any atom is -0.325 e. The van der Waals surface area contributed by atoms with Gasteiger partial charge in [0, 0.05) is 29.4 Å². The van der Waals surface area contributed by atoms with Crippen molar-refractivity contribution >= 4 is 44.0 Å². The second-order valence-electron chi connectivity index (χ2n) is 6.80. The molecule has 1 aromatic carbocycles. The first-order valence-electron chi connectivity index (χ1n) is 9.52. The van der Waals surface area contributed by atoms with Crippen molar-refractivity contribution in [3.8, 4) is 0 Å². The van der Waals surface area contributed by atoms with E-state index in [4.69, 9.17) is 0 Å². The van der Waals surface area contributed by atoms with Crippen LogP contribution in [-0.4, -0.2) is 47.9 Å². The molecule has 1 atom stereocenters. The number of carbonyl (C=O) groups excluding carboxylic acids is 2. The van der Waals surface area contributed by atoms with Crippen molar-refractivity contribution in [3.05, 3.63) is 41.4 Å². The van der Waals surface area contributed by atoms with E-state index >= 15 is 0 Å². The van der Waals surface area contributed by atoms with Crippen LogP contribution >= 0.6 is 11.3 Å². The van der Waals surface area contributed by atoms with Gasteiger partial charge in [0.2, 0.25) is 15.9 Å². The summed E-state index contributed by atoms with van der Waals surface area (Å²) in [7, 11) is -3.45. The van der Waals surface area contributed by atoms with Crippen LogP contribution in [0.5, 0.6) is 0 Å². The van der Waals surface area contributed by atoms with Gasteiger partial charge in [-0.05, 0) is 43.5 Å². The SMILES string of the molecule is CCCS(=O)(=O)N1CCCCC1C(=O)Nc1ccc(C(=O)Nc2nccs2)cc1. The molecule has 1 unspecified atom stereocenters. The van der Waals surface area contributed by atoms with Crippen LogP contribution in [0.2, 0.25) is 0 Å². The Labute approximate surface area is 174 Å². The van der Waals surface area contributed by atoms with Gasteiger partial charge in [0.1, 0.15) is 6.04 Å². The maximum atomic E-state index is 12.8. The molecular formula is C19H24N4O4S2. The molecule has 2 amide bonds. The number of benzene rings is 1. The third-order valence-electron chi connectivity index (χ3n) is 4.64. The fourth-order valence-electron chi connectivity index (χ4n) is 3.26. The van der Waals surface area contributed by atoms with Gasteiger partial charge in [0.25, 0.3) is 5.91 Å². The van der Waals surface area contributed by atoms with Gasteiger partial charge in [-0.3, -0.25) is 14.9 Å². The number of nitrogens with zero attached hydrogens (tertiary/aromatic N) is 2. The highest BCUT2D eigenvalue weighted by molar-refractivity contribution is 7.89. The molecule has 1 aliphatic rings. The lowest BCUT2D eigenvalue weighted by atomic mass is 10.0. The third kappa shape index (κ3) is 5.40. The normalized spacial score (nSPS) is 17.6. The molecule has 8 nitrogen and oxygen atoms in total. The van der Waals surface area contributed by atoms with Crippen molar-refractivity contribution in [1.82, 2.24) is 9.29 Å². The van der Waals surface area contributed by atoms with Crippen LogP contribution in [-0.2, 0) is 14.8 Å². The summed E-state index contributed by atoms with van der Waals surface area (Å²) in [5.41, 5.74) is 0.947. The Morgan fingerprint density at radius 1 is 1.21 bits per heavy atom. The summed E-state index contributed by atoms with van der Waals surface area (Å²) in [6, 6.07) is 5.76. The molecule has 29 heavy (non-hydrogen) atoms. The Kier molecular flexibility index (Phi) is 6.99. The number of hydrogen-bond donors (Lipinski definition) is 2. The number of piperidine rings is 1. The zero-order valence-electron chi connectivity index (χ0n) is 16.1. The topological polar surface area (TPSA) is 108 Å². The van der Waals surface area contributed by atoms with E-state index in [0.29, 0.717) is 35.8 Å². The van der Waals surface area contributed by atoms with Crippen LogP contribution in [0.1, 0.15) is 43.0 Å². The van der Waals surface area contributed by atoms with Crippen LogP contribution in [0.3, 0.4) is 0 Å². The first-order valence-corrected chi connectivity index (χ1v) is 12.0. The third-order valence-corrected chi connectivity index (χ3v) is 7.41. The zero-order chi connectivity index (χ0) is 20.9. The molecule has 0 saturated carbocycles. The van der Waals surface area contributed by atoms with E-state index < -0.39 is 16.1 Å². The number of amides is 2. The predicted molar refractivity (Wildman–Crippen MR) is 114 cm³/mol. The molecule has 0 aliphatic carbocycles. The van der Waals surface area contributed by atoms with Crippen molar-refractivity contribution in [2.75, 3.05) is 22.9 Å². The zero-order valence-corrected chi connectivity index (χ0v) is 17.8. The first-order chi connectivity index (χ1) is 13.9. The van der Waals surface area contributed by atoms with Crippen molar-refractivity contribution < 1.29 is 18.0 Å². The van der Waals surface area contributed by atoms with E-state index in [1.807, 2.05) is 6.92 Å². The van der Waals surface area contributed by atoms with Crippen molar-refractivity contribution in [2.45, 2.75) is 38.6 Å². The predicted octanol–water partition coefficient (Wildman–Crippen LogP) is 2.93. The molecular weight excluding hydrogens is 412 g/mol. The first kappa shape index (κ1) is 21.4. The Morgan fingerprint density at radius 3 is 2.62 bits per heavy atom. The largest absolute Gasteiger partial charge is 0.325 e. The Hall–Kier alpha value is -2.30. The second-order valence-corrected chi connectivity index (χ2v) is 9.73. The quantitative estimate of drug-likeness (QED) is 0.694. The molecule has 1 fully saturated rings. The van der Waals surface area contributed by atoms with E-state index in [1.54, 1.807) is 35.8 Å². The lowest BCUT2D eigenvalue weighted by Crippen LogP contribution is -2.50. The summed E-state index contributed by atoms with van der Waals surface area (Å²) in [6.07, 6.45) is 4.19. The fourth-order valence-corrected chi connectivity index (χ4v) is 5.53. The van der Waals surface area contributed by atoms with Gasteiger partial charge in [-0.15, -0.1) is 11.3 Å². The summed E-state index contributed by atoms with van der Waals surface area (Å²) in [5.74, 6) is -0.592. The van der Waals surface area contributed by atoms with E-state index in [9.17, 15) is 18.0 Å². The van der Waals surface area contributed by atoms with Gasteiger partial charge in [-0.2, -0.15) is 4.31 Å². The summed E-state index contributed by atoms with van der Waals surface area (Å²) in [6.45, 7) is 2.18. The van der Waals surface area contributed by atoms with Gasteiger partial charge in [-0.1, -0.05) is 13.3 Å². The minimum absolute atomic E-state index is 0.0414. The molecule has 3 rings (SSSR count). The average molecular weight is 437 g/mol. The Morgan fingerprint density at radius 2 is 1.97 bits per heavy atom. The summed E-state index contributed by atoms with van der Waals surface area (Å²) < 4.78 is 26.3. The van der Waals surface area contributed by atoms with E-state index in [1.165, 1.54) is 15.6 Å². The molecule has 2 N–H and O–H groups in total. The smallest absolute Gasteiger partial charge is 0.257 e. The van der Waals surface area contributed by atoms with Gasteiger partial charge in [-0.25, -0.2) is 13.4 Å². The highest BCUT2D eigenvalue weighted by Gasteiger charge is 2.36. The molecule has 156 valence electrons.